The van der Waals surface area contributed by atoms with E-state index in [0.717, 1.165) is 64.2 Å². The monoisotopic (exact) mass is 1210 g/mol. The molecule has 2 aliphatic rings. The standard InChI is InChI=1S/C72H123NO13/c1-3-5-7-9-11-13-15-17-19-21-23-24-25-26-27-28-29-30-31-32-33-34-35-36-38-39-41-43-45-47-49-51-53-55-61(76)60(73-64(77)56-54-52-50-48-46-44-42-40-37-22-20-18-16-14-12-10-8-6-4-2)59-83-71-69(82)67(80)70(63(58-75)85-71)86-72-68(81)66(79)65(78)62(57-74)84-72/h6,8,12,14,18,20,37-40,44-47,50,52-53,55,60-63,65-72,74-76,78-82H,3-5,7,9-11,13,15-17,19,21-36,41-43,48-49,51,54,56-59H2,1-2H3,(H,73,77)/b8-6-,14-12-,20-18-,39-38+,40-37-,46-44-,47-45+,52-50-,55-53+. The third kappa shape index (κ3) is 39.6. The van der Waals surface area contributed by atoms with Crippen molar-refractivity contribution in [2.75, 3.05) is 19.8 Å². The smallest absolute Gasteiger partial charge is 0.220 e. The highest BCUT2D eigenvalue weighted by Gasteiger charge is 2.51. The summed E-state index contributed by atoms with van der Waals surface area (Å²) in [7, 11) is 0. The van der Waals surface area contributed by atoms with Crippen molar-refractivity contribution in [3.63, 3.8) is 0 Å². The van der Waals surface area contributed by atoms with Crippen molar-refractivity contribution in [3.05, 3.63) is 109 Å². The molecule has 9 N–H and O–H groups in total. The Labute approximate surface area is 521 Å². The minimum absolute atomic E-state index is 0.138. The Balaban J connectivity index is 1.72. The fourth-order valence-electron chi connectivity index (χ4n) is 10.5. The van der Waals surface area contributed by atoms with Gasteiger partial charge in [0.15, 0.2) is 12.6 Å². The van der Waals surface area contributed by atoms with Gasteiger partial charge in [-0.3, -0.25) is 4.79 Å². The molecule has 86 heavy (non-hydrogen) atoms. The predicted molar refractivity (Wildman–Crippen MR) is 350 cm³/mol. The molecule has 2 aliphatic heterocycles. The quantitative estimate of drug-likeness (QED) is 0.0204. The van der Waals surface area contributed by atoms with Gasteiger partial charge in [-0.15, -0.1) is 0 Å². The SMILES string of the molecule is CC/C=C\C/C=C\C/C=C\C/C=C\C/C=C\C/C=C\CCC(=O)NC(COC1OC(CO)C(OC2OC(CO)C(O)C(O)C2O)C(O)C1O)C(O)/C=C/CC/C=C/CC/C=C/CCCCCCCCCCCCCCCCCCCCCCCCC. The van der Waals surface area contributed by atoms with Crippen LogP contribution in [-0.2, 0) is 23.7 Å². The van der Waals surface area contributed by atoms with E-state index in [0.29, 0.717) is 12.8 Å². The number of aliphatic hydroxyl groups is 8. The number of unbranched alkanes of at least 4 members (excludes halogenated alkanes) is 25. The van der Waals surface area contributed by atoms with Crippen LogP contribution in [0.3, 0.4) is 0 Å². The molecule has 2 heterocycles. The van der Waals surface area contributed by atoms with Crippen LogP contribution in [0.15, 0.2) is 109 Å². The molecule has 0 aromatic heterocycles. The first kappa shape index (κ1) is 78.7. The summed E-state index contributed by atoms with van der Waals surface area (Å²) in [6.07, 6.45) is 63.2. The molecule has 1 amide bonds. The van der Waals surface area contributed by atoms with Gasteiger partial charge in [0.1, 0.15) is 48.8 Å². The average molecular weight is 1210 g/mol. The molecule has 2 saturated heterocycles. The molecule has 0 aromatic carbocycles. The zero-order valence-electron chi connectivity index (χ0n) is 53.5. The van der Waals surface area contributed by atoms with Crippen LogP contribution in [0.4, 0.5) is 0 Å². The van der Waals surface area contributed by atoms with Crippen LogP contribution in [-0.4, -0.2) is 140 Å². The van der Waals surface area contributed by atoms with Gasteiger partial charge in [0.25, 0.3) is 0 Å². The van der Waals surface area contributed by atoms with E-state index < -0.39 is 86.8 Å². The lowest BCUT2D eigenvalue weighted by Crippen LogP contribution is -2.65. The van der Waals surface area contributed by atoms with Crippen LogP contribution in [0.1, 0.15) is 245 Å². The molecule has 2 fully saturated rings. The summed E-state index contributed by atoms with van der Waals surface area (Å²) in [4.78, 5) is 13.2. The maximum absolute atomic E-state index is 13.2. The van der Waals surface area contributed by atoms with Crippen LogP contribution < -0.4 is 5.32 Å². The second kappa shape index (κ2) is 55.7. The lowest BCUT2D eigenvalue weighted by molar-refractivity contribution is -0.359. The van der Waals surface area contributed by atoms with Crippen LogP contribution in [0, 0.1) is 0 Å². The minimum atomic E-state index is -1.81. The van der Waals surface area contributed by atoms with Gasteiger partial charge >= 0.3 is 0 Å². The van der Waals surface area contributed by atoms with E-state index in [1.165, 1.54) is 148 Å². The molecule has 2 rings (SSSR count). The van der Waals surface area contributed by atoms with Crippen LogP contribution in [0.5, 0.6) is 0 Å². The van der Waals surface area contributed by atoms with Crippen molar-refractivity contribution in [3.8, 4) is 0 Å². The molecule has 14 heteroatoms. The topological polar surface area (TPSA) is 228 Å². The highest BCUT2D eigenvalue weighted by atomic mass is 16.7. The van der Waals surface area contributed by atoms with Gasteiger partial charge in [-0.2, -0.15) is 0 Å². The maximum atomic E-state index is 13.2. The number of aliphatic hydroxyl groups excluding tert-OH is 8. The first-order valence-electron chi connectivity index (χ1n) is 34.1. The zero-order valence-corrected chi connectivity index (χ0v) is 53.5. The Morgan fingerprint density at radius 3 is 1.27 bits per heavy atom. The van der Waals surface area contributed by atoms with Gasteiger partial charge in [0.2, 0.25) is 5.91 Å². The Morgan fingerprint density at radius 1 is 0.430 bits per heavy atom. The molecular weight excluding hydrogens is 1090 g/mol. The average Bonchev–Trinajstić information content (AvgIpc) is 2.46. The largest absolute Gasteiger partial charge is 0.394 e. The second-order valence-corrected chi connectivity index (χ2v) is 23.5. The number of hydrogen-bond donors (Lipinski definition) is 9. The highest BCUT2D eigenvalue weighted by Crippen LogP contribution is 2.30. The Morgan fingerprint density at radius 2 is 0.814 bits per heavy atom. The fraction of sp³-hybridized carbons (Fsp3) is 0.736. The summed E-state index contributed by atoms with van der Waals surface area (Å²) in [5.74, 6) is -0.338. The molecule has 0 aliphatic carbocycles. The third-order valence-corrected chi connectivity index (χ3v) is 15.9. The first-order chi connectivity index (χ1) is 42.1. The van der Waals surface area contributed by atoms with Crippen molar-refractivity contribution < 1.29 is 64.6 Å². The third-order valence-electron chi connectivity index (χ3n) is 15.9. The number of amides is 1. The Hall–Kier alpha value is -3.35. The van der Waals surface area contributed by atoms with E-state index in [2.05, 4.69) is 104 Å². The van der Waals surface area contributed by atoms with Gasteiger partial charge in [0.05, 0.1) is 32.0 Å². The molecule has 0 saturated carbocycles. The number of ether oxygens (including phenoxy) is 4. The lowest BCUT2D eigenvalue weighted by Gasteiger charge is -2.46. The fourth-order valence-corrected chi connectivity index (χ4v) is 10.5. The second-order valence-electron chi connectivity index (χ2n) is 23.5. The summed E-state index contributed by atoms with van der Waals surface area (Å²) < 4.78 is 22.7. The van der Waals surface area contributed by atoms with Crippen molar-refractivity contribution in [1.29, 1.82) is 0 Å². The lowest BCUT2D eigenvalue weighted by atomic mass is 9.97. The molecule has 12 atom stereocenters. The van der Waals surface area contributed by atoms with Gasteiger partial charge in [-0.1, -0.05) is 264 Å². The summed E-state index contributed by atoms with van der Waals surface area (Å²) >= 11 is 0. The van der Waals surface area contributed by atoms with Crippen LogP contribution >= 0.6 is 0 Å². The molecule has 494 valence electrons. The zero-order chi connectivity index (χ0) is 62.3. The van der Waals surface area contributed by atoms with Gasteiger partial charge in [0, 0.05) is 6.42 Å². The van der Waals surface area contributed by atoms with E-state index in [-0.39, 0.29) is 18.9 Å². The van der Waals surface area contributed by atoms with Gasteiger partial charge < -0.3 is 65.1 Å². The summed E-state index contributed by atoms with van der Waals surface area (Å²) in [6.45, 7) is 2.62. The summed E-state index contributed by atoms with van der Waals surface area (Å²) in [6, 6.07) is -0.988. The number of hydrogen-bond acceptors (Lipinski definition) is 13. The number of nitrogens with one attached hydrogen (secondary N) is 1. The Kier molecular flexibility index (Phi) is 51.0. The van der Waals surface area contributed by atoms with E-state index in [1.54, 1.807) is 6.08 Å². The summed E-state index contributed by atoms with van der Waals surface area (Å²) in [5, 5.41) is 87.2. The van der Waals surface area contributed by atoms with Crippen molar-refractivity contribution in [1.82, 2.24) is 5.32 Å². The van der Waals surface area contributed by atoms with Gasteiger partial charge in [-0.05, 0) is 83.5 Å². The molecule has 12 unspecified atom stereocenters. The number of rotatable bonds is 54. The van der Waals surface area contributed by atoms with E-state index in [9.17, 15) is 45.6 Å². The van der Waals surface area contributed by atoms with Crippen molar-refractivity contribution in [2.24, 2.45) is 0 Å². The van der Waals surface area contributed by atoms with Crippen molar-refractivity contribution >= 4 is 5.91 Å². The van der Waals surface area contributed by atoms with Crippen LogP contribution in [0.2, 0.25) is 0 Å². The van der Waals surface area contributed by atoms with Crippen LogP contribution in [0.25, 0.3) is 0 Å². The van der Waals surface area contributed by atoms with E-state index >= 15 is 0 Å². The van der Waals surface area contributed by atoms with Crippen molar-refractivity contribution in [2.45, 2.75) is 319 Å². The van der Waals surface area contributed by atoms with E-state index in [4.69, 9.17) is 18.9 Å². The first-order valence-corrected chi connectivity index (χ1v) is 34.1. The highest BCUT2D eigenvalue weighted by molar-refractivity contribution is 5.76. The number of carbonyl (C=O) groups is 1. The molecule has 0 radical (unpaired) electrons. The molecule has 0 bridgehead atoms. The maximum Gasteiger partial charge on any atom is 0.220 e. The normalized spacial score (nSPS) is 24.1. The number of carbonyl (C=O) groups excluding carboxylic acids is 1. The van der Waals surface area contributed by atoms with E-state index in [1.807, 2.05) is 18.2 Å². The minimum Gasteiger partial charge on any atom is -0.394 e. The predicted octanol–water partition coefficient (Wildman–Crippen LogP) is 13.6. The van der Waals surface area contributed by atoms with Gasteiger partial charge in [-0.25, -0.2) is 0 Å². The molecule has 0 spiro atoms. The molecular formula is C72H123NO13. The molecule has 14 nitrogen and oxygen atoms in total. The Bertz CT molecular complexity index is 1860. The number of allylic oxidation sites excluding steroid dienone is 17. The summed E-state index contributed by atoms with van der Waals surface area (Å²) in [5.41, 5.74) is 0. The molecule has 0 aromatic rings.